The second-order valence-corrected chi connectivity index (χ2v) is 3.92. The monoisotopic (exact) mass is 273 g/mol. The first-order chi connectivity index (χ1) is 8.25. The Bertz CT molecular complexity index is 374. The lowest BCUT2D eigenvalue weighted by Crippen LogP contribution is -2.42. The minimum atomic E-state index is -0.653. The molecule has 1 aromatic rings. The molecule has 1 saturated heterocycles. The minimum Gasteiger partial charge on any atom is -0.445 e. The van der Waals surface area contributed by atoms with Gasteiger partial charge in [0.05, 0.1) is 25.4 Å². The van der Waals surface area contributed by atoms with E-state index in [9.17, 15) is 9.90 Å². The number of amides is 1. The third-order valence-corrected chi connectivity index (χ3v) is 2.57. The molecule has 6 heteroatoms. The van der Waals surface area contributed by atoms with Crippen molar-refractivity contribution in [2.75, 3.05) is 13.2 Å². The summed E-state index contributed by atoms with van der Waals surface area (Å²) in [7, 11) is 0. The van der Waals surface area contributed by atoms with Gasteiger partial charge in [0, 0.05) is 0 Å². The number of aliphatic hydroxyl groups excluding tert-OH is 1. The van der Waals surface area contributed by atoms with Crippen LogP contribution in [0.4, 0.5) is 4.79 Å². The molecule has 1 aromatic carbocycles. The summed E-state index contributed by atoms with van der Waals surface area (Å²) in [6.07, 6.45) is -1.19. The molecular formula is C12H16ClNO4. The standard InChI is InChI=1S/C12H15NO4.ClH/c14-11-8-16-7-10(11)13-12(15)17-6-9-4-2-1-3-5-9;/h1-5,10-11,14H,6-8H2,(H,13,15);1H. The van der Waals surface area contributed by atoms with Crippen LogP contribution in [0.3, 0.4) is 0 Å². The fourth-order valence-electron chi connectivity index (χ4n) is 1.60. The number of hydrogen-bond donors (Lipinski definition) is 2. The number of hydrogen-bond acceptors (Lipinski definition) is 4. The van der Waals surface area contributed by atoms with Crippen molar-refractivity contribution in [2.45, 2.75) is 18.8 Å². The largest absolute Gasteiger partial charge is 0.445 e. The van der Waals surface area contributed by atoms with E-state index >= 15 is 0 Å². The van der Waals surface area contributed by atoms with Crippen molar-refractivity contribution in [3.05, 3.63) is 35.9 Å². The van der Waals surface area contributed by atoms with E-state index in [1.807, 2.05) is 30.3 Å². The summed E-state index contributed by atoms with van der Waals surface area (Å²) in [5.41, 5.74) is 0.922. The number of nitrogens with one attached hydrogen (secondary N) is 1. The first-order valence-electron chi connectivity index (χ1n) is 5.49. The molecule has 0 aromatic heterocycles. The maximum atomic E-state index is 11.4. The number of ether oxygens (including phenoxy) is 2. The summed E-state index contributed by atoms with van der Waals surface area (Å²) in [4.78, 5) is 11.4. The predicted octanol–water partition coefficient (Wildman–Crippen LogP) is 1.09. The molecule has 0 radical (unpaired) electrons. The van der Waals surface area contributed by atoms with Crippen molar-refractivity contribution >= 4 is 18.5 Å². The maximum absolute atomic E-state index is 11.4. The molecule has 1 aliphatic heterocycles. The Morgan fingerprint density at radius 3 is 2.72 bits per heavy atom. The quantitative estimate of drug-likeness (QED) is 0.865. The van der Waals surface area contributed by atoms with Gasteiger partial charge in [-0.05, 0) is 5.56 Å². The van der Waals surface area contributed by atoms with Gasteiger partial charge < -0.3 is 19.9 Å². The van der Waals surface area contributed by atoms with E-state index in [4.69, 9.17) is 9.47 Å². The highest BCUT2D eigenvalue weighted by atomic mass is 35.5. The van der Waals surface area contributed by atoms with Crippen LogP contribution in [0.15, 0.2) is 30.3 Å². The Balaban J connectivity index is 0.00000162. The van der Waals surface area contributed by atoms with Crippen LogP contribution < -0.4 is 5.32 Å². The molecule has 1 aliphatic rings. The van der Waals surface area contributed by atoms with E-state index in [1.165, 1.54) is 0 Å². The molecule has 1 amide bonds. The van der Waals surface area contributed by atoms with Gasteiger partial charge in [-0.15, -0.1) is 12.4 Å². The van der Waals surface area contributed by atoms with Crippen LogP contribution in [0.5, 0.6) is 0 Å². The van der Waals surface area contributed by atoms with Gasteiger partial charge in [-0.25, -0.2) is 4.79 Å². The van der Waals surface area contributed by atoms with Gasteiger partial charge >= 0.3 is 6.09 Å². The Kier molecular flexibility index (Phi) is 5.91. The van der Waals surface area contributed by atoms with Gasteiger partial charge in [0.25, 0.3) is 0 Å². The summed E-state index contributed by atoms with van der Waals surface area (Å²) in [5, 5.41) is 12.0. The number of halogens is 1. The van der Waals surface area contributed by atoms with E-state index in [-0.39, 0.29) is 31.7 Å². The van der Waals surface area contributed by atoms with Crippen LogP contribution in [-0.2, 0) is 16.1 Å². The third-order valence-electron chi connectivity index (χ3n) is 2.57. The average molecular weight is 274 g/mol. The van der Waals surface area contributed by atoms with E-state index < -0.39 is 12.2 Å². The first-order valence-corrected chi connectivity index (χ1v) is 5.49. The van der Waals surface area contributed by atoms with Gasteiger partial charge in [0.1, 0.15) is 6.61 Å². The van der Waals surface area contributed by atoms with E-state index in [0.29, 0.717) is 6.61 Å². The lowest BCUT2D eigenvalue weighted by Gasteiger charge is -2.14. The molecule has 2 atom stereocenters. The van der Waals surface area contributed by atoms with Crippen LogP contribution in [0, 0.1) is 0 Å². The summed E-state index contributed by atoms with van der Waals surface area (Å²) >= 11 is 0. The number of benzene rings is 1. The molecule has 18 heavy (non-hydrogen) atoms. The van der Waals surface area contributed by atoms with Gasteiger partial charge in [-0.2, -0.15) is 0 Å². The predicted molar refractivity (Wildman–Crippen MR) is 67.6 cm³/mol. The molecular weight excluding hydrogens is 258 g/mol. The topological polar surface area (TPSA) is 67.8 Å². The molecule has 2 unspecified atom stereocenters. The molecule has 0 spiro atoms. The number of aliphatic hydroxyl groups is 1. The Hall–Kier alpha value is -1.30. The molecule has 100 valence electrons. The summed E-state index contributed by atoms with van der Waals surface area (Å²) in [5.74, 6) is 0. The van der Waals surface area contributed by atoms with Gasteiger partial charge in [-0.1, -0.05) is 30.3 Å². The molecule has 0 bridgehead atoms. The van der Waals surface area contributed by atoms with Crippen molar-refractivity contribution in [2.24, 2.45) is 0 Å². The molecule has 1 heterocycles. The van der Waals surface area contributed by atoms with Crippen molar-refractivity contribution in [1.29, 1.82) is 0 Å². The summed E-state index contributed by atoms with van der Waals surface area (Å²) in [6.45, 7) is 0.793. The second kappa shape index (κ2) is 7.20. The van der Waals surface area contributed by atoms with E-state index in [1.54, 1.807) is 0 Å². The Morgan fingerprint density at radius 1 is 1.39 bits per heavy atom. The number of alkyl carbamates (subject to hydrolysis) is 1. The molecule has 5 nitrogen and oxygen atoms in total. The fourth-order valence-corrected chi connectivity index (χ4v) is 1.60. The van der Waals surface area contributed by atoms with Crippen molar-refractivity contribution < 1.29 is 19.4 Å². The van der Waals surface area contributed by atoms with Crippen molar-refractivity contribution in [3.63, 3.8) is 0 Å². The zero-order valence-corrected chi connectivity index (χ0v) is 10.6. The van der Waals surface area contributed by atoms with Gasteiger partial charge in [0.15, 0.2) is 0 Å². The van der Waals surface area contributed by atoms with Crippen LogP contribution in [0.25, 0.3) is 0 Å². The lowest BCUT2D eigenvalue weighted by atomic mass is 10.2. The highest BCUT2D eigenvalue weighted by Gasteiger charge is 2.27. The Morgan fingerprint density at radius 2 is 2.11 bits per heavy atom. The fraction of sp³-hybridized carbons (Fsp3) is 0.417. The average Bonchev–Trinajstić information content (AvgIpc) is 2.74. The first kappa shape index (κ1) is 14.8. The molecule has 0 aliphatic carbocycles. The summed E-state index contributed by atoms with van der Waals surface area (Å²) < 4.78 is 10.0. The maximum Gasteiger partial charge on any atom is 0.407 e. The molecule has 2 rings (SSSR count). The minimum absolute atomic E-state index is 0. The van der Waals surface area contributed by atoms with Gasteiger partial charge in [-0.3, -0.25) is 0 Å². The zero-order chi connectivity index (χ0) is 12.1. The molecule has 2 N–H and O–H groups in total. The van der Waals surface area contributed by atoms with Crippen LogP contribution in [0.1, 0.15) is 5.56 Å². The normalized spacial score (nSPS) is 22.1. The Labute approximate surface area is 112 Å². The van der Waals surface area contributed by atoms with Crippen LogP contribution in [-0.4, -0.2) is 36.6 Å². The number of rotatable bonds is 3. The SMILES string of the molecule is Cl.O=C(NC1COCC1O)OCc1ccccc1. The number of carbonyl (C=O) groups excluding carboxylic acids is 1. The molecule has 1 fully saturated rings. The third kappa shape index (κ3) is 4.18. The highest BCUT2D eigenvalue weighted by Crippen LogP contribution is 2.06. The van der Waals surface area contributed by atoms with E-state index in [0.717, 1.165) is 5.56 Å². The number of carbonyl (C=O) groups is 1. The van der Waals surface area contributed by atoms with Crippen molar-refractivity contribution in [1.82, 2.24) is 5.32 Å². The van der Waals surface area contributed by atoms with Crippen LogP contribution in [0.2, 0.25) is 0 Å². The lowest BCUT2D eigenvalue weighted by molar-refractivity contribution is 0.112. The summed E-state index contributed by atoms with van der Waals surface area (Å²) in [6, 6.07) is 9.03. The van der Waals surface area contributed by atoms with Crippen molar-refractivity contribution in [3.8, 4) is 0 Å². The second-order valence-electron chi connectivity index (χ2n) is 3.92. The zero-order valence-electron chi connectivity index (χ0n) is 9.74. The highest BCUT2D eigenvalue weighted by molar-refractivity contribution is 5.85. The smallest absolute Gasteiger partial charge is 0.407 e. The van der Waals surface area contributed by atoms with E-state index in [2.05, 4.69) is 5.32 Å². The van der Waals surface area contributed by atoms with Crippen LogP contribution >= 0.6 is 12.4 Å². The van der Waals surface area contributed by atoms with Gasteiger partial charge in [0.2, 0.25) is 0 Å². The molecule has 0 saturated carbocycles.